The maximum absolute atomic E-state index is 13.1. The van der Waals surface area contributed by atoms with Gasteiger partial charge in [-0.05, 0) is 29.8 Å². The van der Waals surface area contributed by atoms with E-state index < -0.39 is 5.82 Å². The molecule has 106 valence electrons. The molecule has 21 heavy (non-hydrogen) atoms. The Labute approximate surface area is 127 Å². The van der Waals surface area contributed by atoms with Gasteiger partial charge in [0.15, 0.2) is 0 Å². The predicted octanol–water partition coefficient (Wildman–Crippen LogP) is 4.28. The summed E-state index contributed by atoms with van der Waals surface area (Å²) in [6.07, 6.45) is 3.61. The fourth-order valence-electron chi connectivity index (χ4n) is 2.06. The molecule has 1 N–H and O–H groups in total. The summed E-state index contributed by atoms with van der Waals surface area (Å²) in [6.45, 7) is 0.518. The fraction of sp³-hybridized carbons (Fsp3) is 0.0625. The van der Waals surface area contributed by atoms with Gasteiger partial charge in [0.05, 0.1) is 5.02 Å². The minimum atomic E-state index is -0.411. The van der Waals surface area contributed by atoms with E-state index in [1.54, 1.807) is 18.3 Å². The monoisotopic (exact) mass is 301 g/mol. The van der Waals surface area contributed by atoms with E-state index in [1.807, 2.05) is 41.1 Å². The lowest BCUT2D eigenvalue weighted by Gasteiger charge is -2.10. The summed E-state index contributed by atoms with van der Waals surface area (Å²) in [5.74, 6) is 0.313. The zero-order valence-corrected chi connectivity index (χ0v) is 11.9. The summed E-state index contributed by atoms with van der Waals surface area (Å²) in [5.41, 5.74) is 1.92. The predicted molar refractivity (Wildman–Crippen MR) is 82.3 cm³/mol. The second kappa shape index (κ2) is 5.97. The van der Waals surface area contributed by atoms with Crippen molar-refractivity contribution >= 4 is 17.5 Å². The molecule has 0 radical (unpaired) electrons. The Kier molecular flexibility index (Phi) is 3.88. The summed E-state index contributed by atoms with van der Waals surface area (Å²) >= 11 is 5.78. The van der Waals surface area contributed by atoms with Gasteiger partial charge in [0.1, 0.15) is 5.82 Å². The molecule has 2 aromatic carbocycles. The SMILES string of the molecule is Fc1ccc(CNc2nccn2-c2ccccc2)cc1Cl. The lowest BCUT2D eigenvalue weighted by molar-refractivity contribution is 0.627. The molecule has 0 amide bonds. The molecule has 0 fully saturated rings. The summed E-state index contributed by atoms with van der Waals surface area (Å²) in [7, 11) is 0. The van der Waals surface area contributed by atoms with Crippen LogP contribution in [0.15, 0.2) is 60.9 Å². The number of para-hydroxylation sites is 1. The van der Waals surface area contributed by atoms with Gasteiger partial charge in [-0.25, -0.2) is 9.37 Å². The van der Waals surface area contributed by atoms with Crippen molar-refractivity contribution in [3.05, 3.63) is 77.3 Å². The van der Waals surface area contributed by atoms with Crippen LogP contribution in [0.25, 0.3) is 5.69 Å². The Balaban J connectivity index is 1.77. The first-order valence-electron chi connectivity index (χ1n) is 6.50. The van der Waals surface area contributed by atoms with Gasteiger partial charge in [-0.2, -0.15) is 0 Å². The standard InChI is InChI=1S/C16H13ClFN3/c17-14-10-12(6-7-15(14)18)11-20-16-19-8-9-21(16)13-4-2-1-3-5-13/h1-10H,11H2,(H,19,20). The first-order chi connectivity index (χ1) is 10.2. The normalized spacial score (nSPS) is 10.6. The lowest BCUT2D eigenvalue weighted by atomic mass is 10.2. The zero-order chi connectivity index (χ0) is 14.7. The number of halogens is 2. The van der Waals surface area contributed by atoms with Crippen molar-refractivity contribution in [1.82, 2.24) is 9.55 Å². The second-order valence-electron chi connectivity index (χ2n) is 4.56. The van der Waals surface area contributed by atoms with Gasteiger partial charge in [0.2, 0.25) is 5.95 Å². The van der Waals surface area contributed by atoms with Gasteiger partial charge in [-0.3, -0.25) is 4.57 Å². The first-order valence-corrected chi connectivity index (χ1v) is 6.88. The third-order valence-corrected chi connectivity index (χ3v) is 3.40. The Morgan fingerprint density at radius 1 is 1.14 bits per heavy atom. The molecule has 0 unspecified atom stereocenters. The van der Waals surface area contributed by atoms with Crippen LogP contribution in [0.5, 0.6) is 0 Å². The quantitative estimate of drug-likeness (QED) is 0.779. The Hall–Kier alpha value is -2.33. The third kappa shape index (κ3) is 3.06. The number of nitrogens with zero attached hydrogens (tertiary/aromatic N) is 2. The molecule has 0 aliphatic rings. The highest BCUT2D eigenvalue weighted by molar-refractivity contribution is 6.30. The van der Waals surface area contributed by atoms with Crippen LogP contribution in [0.1, 0.15) is 5.56 Å². The van der Waals surface area contributed by atoms with E-state index >= 15 is 0 Å². The van der Waals surface area contributed by atoms with Crippen molar-refractivity contribution in [3.63, 3.8) is 0 Å². The number of benzene rings is 2. The van der Waals surface area contributed by atoms with Crippen LogP contribution in [0.3, 0.4) is 0 Å². The maximum Gasteiger partial charge on any atom is 0.207 e. The number of hydrogen-bond acceptors (Lipinski definition) is 2. The molecule has 3 aromatic rings. The van der Waals surface area contributed by atoms with Crippen LogP contribution >= 0.6 is 11.6 Å². The summed E-state index contributed by atoms with van der Waals surface area (Å²) < 4.78 is 15.1. The Morgan fingerprint density at radius 2 is 1.95 bits per heavy atom. The molecular weight excluding hydrogens is 289 g/mol. The van der Waals surface area contributed by atoms with Gasteiger partial charge < -0.3 is 5.32 Å². The van der Waals surface area contributed by atoms with Crippen LogP contribution in [-0.2, 0) is 6.54 Å². The average molecular weight is 302 g/mol. The van der Waals surface area contributed by atoms with E-state index in [2.05, 4.69) is 10.3 Å². The summed E-state index contributed by atoms with van der Waals surface area (Å²) in [4.78, 5) is 4.29. The maximum atomic E-state index is 13.1. The van der Waals surface area contributed by atoms with Crippen LogP contribution in [0, 0.1) is 5.82 Å². The fourth-order valence-corrected chi connectivity index (χ4v) is 2.27. The minimum absolute atomic E-state index is 0.126. The largest absolute Gasteiger partial charge is 0.351 e. The van der Waals surface area contributed by atoms with E-state index in [0.717, 1.165) is 17.2 Å². The van der Waals surface area contributed by atoms with Gasteiger partial charge in [0, 0.05) is 24.6 Å². The van der Waals surface area contributed by atoms with E-state index in [4.69, 9.17) is 11.6 Å². The summed E-state index contributed by atoms with van der Waals surface area (Å²) in [6, 6.07) is 14.6. The molecule has 3 rings (SSSR count). The third-order valence-electron chi connectivity index (χ3n) is 3.11. The van der Waals surface area contributed by atoms with Crippen molar-refractivity contribution in [2.45, 2.75) is 6.54 Å². The number of imidazole rings is 1. The molecule has 0 saturated heterocycles. The van der Waals surface area contributed by atoms with Crippen LogP contribution < -0.4 is 5.32 Å². The highest BCUT2D eigenvalue weighted by atomic mass is 35.5. The lowest BCUT2D eigenvalue weighted by Crippen LogP contribution is -2.06. The first kappa shape index (κ1) is 13.6. The highest BCUT2D eigenvalue weighted by Gasteiger charge is 2.05. The van der Waals surface area contributed by atoms with Crippen LogP contribution in [0.2, 0.25) is 5.02 Å². The topological polar surface area (TPSA) is 29.9 Å². The van der Waals surface area contributed by atoms with Crippen LogP contribution in [0.4, 0.5) is 10.3 Å². The molecule has 0 saturated carbocycles. The average Bonchev–Trinajstić information content (AvgIpc) is 2.98. The smallest absolute Gasteiger partial charge is 0.207 e. The molecule has 0 atom stereocenters. The molecule has 1 aromatic heterocycles. The Bertz CT molecular complexity index is 740. The molecule has 3 nitrogen and oxygen atoms in total. The van der Waals surface area contributed by atoms with Crippen molar-refractivity contribution < 1.29 is 4.39 Å². The van der Waals surface area contributed by atoms with Crippen molar-refractivity contribution in [1.29, 1.82) is 0 Å². The van der Waals surface area contributed by atoms with Crippen molar-refractivity contribution in [2.75, 3.05) is 5.32 Å². The molecule has 1 heterocycles. The van der Waals surface area contributed by atoms with Gasteiger partial charge >= 0.3 is 0 Å². The molecule has 0 aliphatic heterocycles. The Morgan fingerprint density at radius 3 is 2.71 bits per heavy atom. The number of aromatic nitrogens is 2. The number of anilines is 1. The van der Waals surface area contributed by atoms with E-state index in [9.17, 15) is 4.39 Å². The summed E-state index contributed by atoms with van der Waals surface area (Å²) in [5, 5.41) is 3.35. The zero-order valence-electron chi connectivity index (χ0n) is 11.1. The van der Waals surface area contributed by atoms with E-state index in [0.29, 0.717) is 6.54 Å². The van der Waals surface area contributed by atoms with Gasteiger partial charge in [-0.15, -0.1) is 0 Å². The second-order valence-corrected chi connectivity index (χ2v) is 4.97. The van der Waals surface area contributed by atoms with E-state index in [1.165, 1.54) is 6.07 Å². The number of rotatable bonds is 4. The molecule has 0 spiro atoms. The van der Waals surface area contributed by atoms with Crippen molar-refractivity contribution in [3.8, 4) is 5.69 Å². The minimum Gasteiger partial charge on any atom is -0.351 e. The molecule has 0 bridgehead atoms. The number of nitrogens with one attached hydrogen (secondary N) is 1. The molecular formula is C16H13ClFN3. The molecule has 5 heteroatoms. The van der Waals surface area contributed by atoms with Gasteiger partial charge in [0.25, 0.3) is 0 Å². The van der Waals surface area contributed by atoms with E-state index in [-0.39, 0.29) is 5.02 Å². The number of hydrogen-bond donors (Lipinski definition) is 1. The highest BCUT2D eigenvalue weighted by Crippen LogP contribution is 2.18. The van der Waals surface area contributed by atoms with Crippen molar-refractivity contribution in [2.24, 2.45) is 0 Å². The van der Waals surface area contributed by atoms with Gasteiger partial charge in [-0.1, -0.05) is 35.9 Å². The van der Waals surface area contributed by atoms with Crippen LogP contribution in [-0.4, -0.2) is 9.55 Å². The molecule has 0 aliphatic carbocycles.